The van der Waals surface area contributed by atoms with E-state index in [9.17, 15) is 4.79 Å². The fraction of sp³-hybridized carbons (Fsp3) is 0.333. The third kappa shape index (κ3) is 2.63. The number of pyridine rings is 1. The highest BCUT2D eigenvalue weighted by Gasteiger charge is 2.22. The molecule has 0 bridgehead atoms. The van der Waals surface area contributed by atoms with Crippen LogP contribution in [0.4, 0.5) is 0 Å². The number of hydrogen-bond acceptors (Lipinski definition) is 2. The van der Waals surface area contributed by atoms with Gasteiger partial charge in [0.15, 0.2) is 0 Å². The molecule has 0 fully saturated rings. The Morgan fingerprint density at radius 3 is 3.17 bits per heavy atom. The van der Waals surface area contributed by atoms with Crippen molar-refractivity contribution in [2.45, 2.75) is 19.4 Å². The second kappa shape index (κ2) is 5.57. The molecule has 3 aromatic heterocycles. The van der Waals surface area contributed by atoms with Crippen LogP contribution in [0.15, 0.2) is 49.1 Å². The van der Waals surface area contributed by atoms with Crippen LogP contribution in [0.25, 0.3) is 5.52 Å². The van der Waals surface area contributed by atoms with Gasteiger partial charge in [-0.2, -0.15) is 0 Å². The molecule has 4 heterocycles. The SMILES string of the molecule is CN(CC1CCc2nccn2C1)C(=O)c1cc2ccccn2c1. The number of nitrogens with zero attached hydrogens (tertiary/aromatic N) is 4. The van der Waals surface area contributed by atoms with Gasteiger partial charge in [0.2, 0.25) is 0 Å². The van der Waals surface area contributed by atoms with E-state index in [1.165, 1.54) is 0 Å². The Kier molecular flexibility index (Phi) is 3.41. The predicted molar refractivity (Wildman–Crippen MR) is 88.4 cm³/mol. The van der Waals surface area contributed by atoms with Crippen molar-refractivity contribution < 1.29 is 4.79 Å². The minimum atomic E-state index is 0.0881. The topological polar surface area (TPSA) is 42.5 Å². The largest absolute Gasteiger partial charge is 0.341 e. The molecular weight excluding hydrogens is 288 g/mol. The summed E-state index contributed by atoms with van der Waals surface area (Å²) in [5.41, 5.74) is 1.79. The molecule has 0 radical (unpaired) electrons. The lowest BCUT2D eigenvalue weighted by Gasteiger charge is -2.28. The highest BCUT2D eigenvalue weighted by atomic mass is 16.2. The average Bonchev–Trinajstić information content (AvgIpc) is 3.19. The van der Waals surface area contributed by atoms with Crippen molar-refractivity contribution in [3.05, 3.63) is 60.4 Å². The summed E-state index contributed by atoms with van der Waals surface area (Å²) < 4.78 is 4.19. The monoisotopic (exact) mass is 308 g/mol. The zero-order valence-corrected chi connectivity index (χ0v) is 13.2. The third-order valence-electron chi connectivity index (χ3n) is 4.66. The van der Waals surface area contributed by atoms with Crippen LogP contribution in [0.5, 0.6) is 0 Å². The molecule has 118 valence electrons. The molecule has 0 aliphatic carbocycles. The average molecular weight is 308 g/mol. The van der Waals surface area contributed by atoms with Crippen molar-refractivity contribution in [1.29, 1.82) is 0 Å². The molecule has 0 saturated carbocycles. The Morgan fingerprint density at radius 1 is 1.39 bits per heavy atom. The Morgan fingerprint density at radius 2 is 2.30 bits per heavy atom. The van der Waals surface area contributed by atoms with Crippen molar-refractivity contribution in [1.82, 2.24) is 18.9 Å². The quantitative estimate of drug-likeness (QED) is 0.746. The summed E-state index contributed by atoms with van der Waals surface area (Å²) in [7, 11) is 1.90. The third-order valence-corrected chi connectivity index (χ3v) is 4.66. The summed E-state index contributed by atoms with van der Waals surface area (Å²) in [6, 6.07) is 7.92. The molecule has 0 aromatic carbocycles. The zero-order valence-electron chi connectivity index (χ0n) is 13.2. The molecule has 5 nitrogen and oxygen atoms in total. The standard InChI is InChI=1S/C18H20N4O/c1-20(11-14-5-6-17-19-7-9-22(17)12-14)18(23)15-10-16-4-2-3-8-21(16)13-15/h2-4,7-10,13-14H,5-6,11-12H2,1H3. The van der Waals surface area contributed by atoms with Gasteiger partial charge in [-0.25, -0.2) is 4.98 Å². The lowest BCUT2D eigenvalue weighted by atomic mass is 9.99. The zero-order chi connectivity index (χ0) is 15.8. The van der Waals surface area contributed by atoms with E-state index in [4.69, 9.17) is 0 Å². The smallest absolute Gasteiger partial charge is 0.255 e. The maximum Gasteiger partial charge on any atom is 0.255 e. The van der Waals surface area contributed by atoms with Crippen LogP contribution in [-0.4, -0.2) is 38.4 Å². The molecule has 0 saturated heterocycles. The molecule has 1 atom stereocenters. The number of aryl methyl sites for hydroxylation is 1. The Balaban J connectivity index is 1.46. The molecule has 3 aromatic rings. The molecule has 0 N–H and O–H groups in total. The van der Waals surface area contributed by atoms with Gasteiger partial charge in [0.1, 0.15) is 5.82 Å². The van der Waals surface area contributed by atoms with Crippen LogP contribution in [-0.2, 0) is 13.0 Å². The molecule has 1 aliphatic rings. The highest BCUT2D eigenvalue weighted by Crippen LogP contribution is 2.20. The van der Waals surface area contributed by atoms with Crippen molar-refractivity contribution in [3.8, 4) is 0 Å². The van der Waals surface area contributed by atoms with Gasteiger partial charge in [-0.1, -0.05) is 6.07 Å². The molecule has 5 heteroatoms. The molecule has 1 unspecified atom stereocenters. The van der Waals surface area contributed by atoms with Crippen LogP contribution in [0.2, 0.25) is 0 Å². The number of imidazole rings is 1. The van der Waals surface area contributed by atoms with E-state index < -0.39 is 0 Å². The second-order valence-corrected chi connectivity index (χ2v) is 6.35. The van der Waals surface area contributed by atoms with Crippen molar-refractivity contribution in [2.24, 2.45) is 5.92 Å². The Labute approximate surface area is 135 Å². The van der Waals surface area contributed by atoms with E-state index in [-0.39, 0.29) is 5.91 Å². The molecule has 4 rings (SSSR count). The first-order valence-electron chi connectivity index (χ1n) is 8.03. The fourth-order valence-corrected chi connectivity index (χ4v) is 3.45. The summed E-state index contributed by atoms with van der Waals surface area (Å²) in [5, 5.41) is 0. The maximum atomic E-state index is 12.7. The van der Waals surface area contributed by atoms with Gasteiger partial charge in [-0.05, 0) is 30.5 Å². The molecular formula is C18H20N4O. The highest BCUT2D eigenvalue weighted by molar-refractivity contribution is 5.95. The minimum absolute atomic E-state index is 0.0881. The van der Waals surface area contributed by atoms with E-state index in [1.54, 1.807) is 0 Å². The number of amides is 1. The fourth-order valence-electron chi connectivity index (χ4n) is 3.45. The summed E-state index contributed by atoms with van der Waals surface area (Å²) in [6.45, 7) is 1.73. The van der Waals surface area contributed by atoms with Crippen LogP contribution in [0.3, 0.4) is 0 Å². The first-order chi connectivity index (χ1) is 11.2. The van der Waals surface area contributed by atoms with E-state index in [2.05, 4.69) is 9.55 Å². The minimum Gasteiger partial charge on any atom is -0.341 e. The van der Waals surface area contributed by atoms with Crippen LogP contribution in [0.1, 0.15) is 22.6 Å². The Hall–Kier alpha value is -2.56. The number of hydrogen-bond donors (Lipinski definition) is 0. The van der Waals surface area contributed by atoms with Crippen molar-refractivity contribution >= 4 is 11.4 Å². The summed E-state index contributed by atoms with van der Waals surface area (Å²) in [4.78, 5) is 18.9. The van der Waals surface area contributed by atoms with Gasteiger partial charge in [-0.15, -0.1) is 0 Å². The van der Waals surface area contributed by atoms with Crippen LogP contribution >= 0.6 is 0 Å². The number of rotatable bonds is 3. The van der Waals surface area contributed by atoms with E-state index in [0.29, 0.717) is 5.92 Å². The Bertz CT molecular complexity index is 814. The summed E-state index contributed by atoms with van der Waals surface area (Å²) in [5.74, 6) is 1.74. The number of aromatic nitrogens is 3. The van der Waals surface area contributed by atoms with Crippen LogP contribution < -0.4 is 0 Å². The predicted octanol–water partition coefficient (Wildman–Crippen LogP) is 2.47. The van der Waals surface area contributed by atoms with E-state index in [1.807, 2.05) is 65.4 Å². The van der Waals surface area contributed by atoms with E-state index in [0.717, 1.165) is 42.8 Å². The van der Waals surface area contributed by atoms with Gasteiger partial charge in [0.25, 0.3) is 5.91 Å². The van der Waals surface area contributed by atoms with Crippen LogP contribution in [0, 0.1) is 5.92 Å². The van der Waals surface area contributed by atoms with E-state index >= 15 is 0 Å². The van der Waals surface area contributed by atoms with Gasteiger partial charge < -0.3 is 13.9 Å². The second-order valence-electron chi connectivity index (χ2n) is 6.35. The summed E-state index contributed by atoms with van der Waals surface area (Å²) >= 11 is 0. The molecule has 1 aliphatic heterocycles. The van der Waals surface area contributed by atoms with Crippen molar-refractivity contribution in [3.63, 3.8) is 0 Å². The lowest BCUT2D eigenvalue weighted by Crippen LogP contribution is -2.35. The van der Waals surface area contributed by atoms with Gasteiger partial charge in [0, 0.05) is 56.9 Å². The maximum absolute atomic E-state index is 12.7. The normalized spacial score (nSPS) is 17.2. The van der Waals surface area contributed by atoms with Gasteiger partial charge in [0.05, 0.1) is 5.56 Å². The molecule has 23 heavy (non-hydrogen) atoms. The van der Waals surface area contributed by atoms with Gasteiger partial charge >= 0.3 is 0 Å². The molecule has 0 spiro atoms. The number of fused-ring (bicyclic) bond motifs is 2. The van der Waals surface area contributed by atoms with Crippen molar-refractivity contribution in [2.75, 3.05) is 13.6 Å². The number of carbonyl (C=O) groups excluding carboxylic acids is 1. The lowest BCUT2D eigenvalue weighted by molar-refractivity contribution is 0.0760. The van der Waals surface area contributed by atoms with Gasteiger partial charge in [-0.3, -0.25) is 4.79 Å². The first-order valence-corrected chi connectivity index (χ1v) is 8.03. The first kappa shape index (κ1) is 14.1. The summed E-state index contributed by atoms with van der Waals surface area (Å²) in [6.07, 6.45) is 9.85. The number of carbonyl (C=O) groups is 1. The molecule has 1 amide bonds.